The van der Waals surface area contributed by atoms with E-state index in [-0.39, 0.29) is 0 Å². The van der Waals surface area contributed by atoms with Gasteiger partial charge in [0, 0.05) is 6.04 Å². The lowest BCUT2D eigenvalue weighted by molar-refractivity contribution is 0.220. The van der Waals surface area contributed by atoms with Gasteiger partial charge in [-0.15, -0.1) is 0 Å². The normalized spacial score (nSPS) is 19.0. The maximum Gasteiger partial charge on any atom is 0.122 e. The number of aryl methyl sites for hydroxylation is 1. The molecule has 2 nitrogen and oxygen atoms in total. The Balaban J connectivity index is 2.21. The summed E-state index contributed by atoms with van der Waals surface area (Å²) < 4.78 is 5.55. The molecule has 0 bridgehead atoms. The summed E-state index contributed by atoms with van der Waals surface area (Å²) in [7, 11) is 1.77. The second kappa shape index (κ2) is 6.62. The van der Waals surface area contributed by atoms with Gasteiger partial charge >= 0.3 is 0 Å². The lowest BCUT2D eigenvalue weighted by atomic mass is 9.77. The van der Waals surface area contributed by atoms with Crippen molar-refractivity contribution >= 4 is 0 Å². The van der Waals surface area contributed by atoms with E-state index in [0.29, 0.717) is 11.5 Å². The number of methoxy groups -OCH3 is 1. The quantitative estimate of drug-likeness (QED) is 0.844. The van der Waals surface area contributed by atoms with E-state index in [1.54, 1.807) is 7.11 Å². The topological polar surface area (TPSA) is 21.3 Å². The van der Waals surface area contributed by atoms with Gasteiger partial charge in [-0.05, 0) is 49.8 Å². The maximum atomic E-state index is 5.55. The van der Waals surface area contributed by atoms with E-state index in [4.69, 9.17) is 4.74 Å². The van der Waals surface area contributed by atoms with Crippen molar-refractivity contribution in [3.05, 3.63) is 29.3 Å². The average molecular weight is 275 g/mol. The van der Waals surface area contributed by atoms with Crippen molar-refractivity contribution in [3.8, 4) is 5.75 Å². The summed E-state index contributed by atoms with van der Waals surface area (Å²) in [5.41, 5.74) is 3.09. The van der Waals surface area contributed by atoms with Crippen LogP contribution in [0.2, 0.25) is 0 Å². The zero-order chi connectivity index (χ0) is 14.6. The highest BCUT2D eigenvalue weighted by Gasteiger charge is 2.36. The van der Waals surface area contributed by atoms with Crippen molar-refractivity contribution < 1.29 is 4.74 Å². The molecule has 112 valence electrons. The van der Waals surface area contributed by atoms with Crippen LogP contribution in [0.5, 0.6) is 5.75 Å². The van der Waals surface area contributed by atoms with Gasteiger partial charge in [0.1, 0.15) is 5.75 Å². The predicted octanol–water partition coefficient (Wildman–Crippen LogP) is 4.10. The number of nitrogens with one attached hydrogen (secondary N) is 1. The Morgan fingerprint density at radius 1 is 1.30 bits per heavy atom. The van der Waals surface area contributed by atoms with E-state index in [1.807, 2.05) is 0 Å². The first-order valence-corrected chi connectivity index (χ1v) is 7.96. The van der Waals surface area contributed by atoms with Crippen molar-refractivity contribution in [2.75, 3.05) is 13.7 Å². The number of rotatable bonds is 6. The largest absolute Gasteiger partial charge is 0.496 e. The van der Waals surface area contributed by atoms with Gasteiger partial charge < -0.3 is 10.1 Å². The Labute approximate surface area is 123 Å². The molecule has 0 radical (unpaired) electrons. The van der Waals surface area contributed by atoms with E-state index < -0.39 is 0 Å². The predicted molar refractivity (Wildman–Crippen MR) is 85.5 cm³/mol. The standard InChI is InChI=1S/C18H29NO/c1-5-19-17(18(3)10-6-7-11-18)13-15-12-14(2)8-9-16(15)20-4/h8-9,12,17,19H,5-7,10-11,13H2,1-4H3. The molecular weight excluding hydrogens is 246 g/mol. The molecule has 0 saturated heterocycles. The monoisotopic (exact) mass is 275 g/mol. The van der Waals surface area contributed by atoms with Crippen molar-refractivity contribution in [3.63, 3.8) is 0 Å². The molecule has 1 aromatic rings. The summed E-state index contributed by atoms with van der Waals surface area (Å²) in [6.45, 7) is 7.85. The van der Waals surface area contributed by atoms with Crippen LogP contribution in [0.15, 0.2) is 18.2 Å². The third kappa shape index (κ3) is 3.35. The molecule has 0 spiro atoms. The molecule has 1 N–H and O–H groups in total. The van der Waals surface area contributed by atoms with Crippen LogP contribution >= 0.6 is 0 Å². The van der Waals surface area contributed by atoms with E-state index in [2.05, 4.69) is 44.3 Å². The molecule has 20 heavy (non-hydrogen) atoms. The molecule has 1 aliphatic rings. The van der Waals surface area contributed by atoms with Crippen LogP contribution in [0.25, 0.3) is 0 Å². The average Bonchev–Trinajstić information content (AvgIpc) is 2.87. The second-order valence-corrected chi connectivity index (χ2v) is 6.49. The highest BCUT2D eigenvalue weighted by Crippen LogP contribution is 2.42. The minimum atomic E-state index is 0.435. The molecular formula is C18H29NO. The van der Waals surface area contributed by atoms with Crippen LogP contribution in [0.3, 0.4) is 0 Å². The Hall–Kier alpha value is -1.02. The fourth-order valence-corrected chi connectivity index (χ4v) is 3.63. The molecule has 0 aromatic heterocycles. The first kappa shape index (κ1) is 15.4. The Morgan fingerprint density at radius 2 is 2.00 bits per heavy atom. The molecule has 1 fully saturated rings. The van der Waals surface area contributed by atoms with Crippen LogP contribution < -0.4 is 10.1 Å². The Bertz CT molecular complexity index is 435. The summed E-state index contributed by atoms with van der Waals surface area (Å²) in [5.74, 6) is 1.03. The molecule has 0 aliphatic heterocycles. The van der Waals surface area contributed by atoms with Gasteiger partial charge in [-0.1, -0.05) is 44.4 Å². The lowest BCUT2D eigenvalue weighted by Gasteiger charge is -2.35. The van der Waals surface area contributed by atoms with Gasteiger partial charge in [0.05, 0.1) is 7.11 Å². The maximum absolute atomic E-state index is 5.55. The Morgan fingerprint density at radius 3 is 2.60 bits per heavy atom. The number of hydrogen-bond donors (Lipinski definition) is 1. The number of likely N-dealkylation sites (N-methyl/N-ethyl adjacent to an activating group) is 1. The first-order chi connectivity index (χ1) is 9.59. The summed E-state index contributed by atoms with van der Waals surface area (Å²) >= 11 is 0. The van der Waals surface area contributed by atoms with Gasteiger partial charge in [0.25, 0.3) is 0 Å². The zero-order valence-corrected chi connectivity index (χ0v) is 13.5. The van der Waals surface area contributed by atoms with Crippen molar-refractivity contribution in [2.45, 2.75) is 58.9 Å². The third-order valence-corrected chi connectivity index (χ3v) is 4.90. The first-order valence-electron chi connectivity index (χ1n) is 7.96. The van der Waals surface area contributed by atoms with Crippen molar-refractivity contribution in [1.29, 1.82) is 0 Å². The summed E-state index contributed by atoms with van der Waals surface area (Å²) in [6.07, 6.45) is 6.51. The lowest BCUT2D eigenvalue weighted by Crippen LogP contribution is -2.43. The van der Waals surface area contributed by atoms with Gasteiger partial charge in [0.2, 0.25) is 0 Å². The molecule has 1 saturated carbocycles. The van der Waals surface area contributed by atoms with Crippen molar-refractivity contribution in [2.24, 2.45) is 5.41 Å². The van der Waals surface area contributed by atoms with Crippen LogP contribution in [0.4, 0.5) is 0 Å². The number of hydrogen-bond acceptors (Lipinski definition) is 2. The zero-order valence-electron chi connectivity index (χ0n) is 13.5. The molecule has 0 heterocycles. The minimum absolute atomic E-state index is 0.435. The Kier molecular flexibility index (Phi) is 5.09. The third-order valence-electron chi connectivity index (χ3n) is 4.90. The fourth-order valence-electron chi connectivity index (χ4n) is 3.63. The molecule has 1 aromatic carbocycles. The van der Waals surface area contributed by atoms with Gasteiger partial charge in [-0.2, -0.15) is 0 Å². The molecule has 2 rings (SSSR count). The number of ether oxygens (including phenoxy) is 1. The van der Waals surface area contributed by atoms with Gasteiger partial charge in [0.15, 0.2) is 0 Å². The summed E-state index contributed by atoms with van der Waals surface area (Å²) in [6, 6.07) is 7.05. The highest BCUT2D eigenvalue weighted by atomic mass is 16.5. The van der Waals surface area contributed by atoms with Crippen LogP contribution in [-0.2, 0) is 6.42 Å². The minimum Gasteiger partial charge on any atom is -0.496 e. The summed E-state index contributed by atoms with van der Waals surface area (Å²) in [4.78, 5) is 0. The summed E-state index contributed by atoms with van der Waals surface area (Å²) in [5, 5.41) is 3.73. The molecule has 1 aliphatic carbocycles. The SMILES string of the molecule is CCNC(Cc1cc(C)ccc1OC)C1(C)CCCC1. The smallest absolute Gasteiger partial charge is 0.122 e. The molecule has 2 heteroatoms. The fraction of sp³-hybridized carbons (Fsp3) is 0.667. The van der Waals surface area contributed by atoms with E-state index >= 15 is 0 Å². The second-order valence-electron chi connectivity index (χ2n) is 6.49. The van der Waals surface area contributed by atoms with Crippen LogP contribution in [-0.4, -0.2) is 19.7 Å². The molecule has 0 amide bonds. The molecule has 1 unspecified atom stereocenters. The van der Waals surface area contributed by atoms with Gasteiger partial charge in [-0.3, -0.25) is 0 Å². The van der Waals surface area contributed by atoms with E-state index in [1.165, 1.54) is 36.8 Å². The van der Waals surface area contributed by atoms with E-state index in [9.17, 15) is 0 Å². The van der Waals surface area contributed by atoms with Gasteiger partial charge in [-0.25, -0.2) is 0 Å². The van der Waals surface area contributed by atoms with Crippen LogP contribution in [0, 0.1) is 12.3 Å². The van der Waals surface area contributed by atoms with E-state index in [0.717, 1.165) is 18.7 Å². The van der Waals surface area contributed by atoms with Crippen molar-refractivity contribution in [1.82, 2.24) is 5.32 Å². The molecule has 1 atom stereocenters. The number of benzene rings is 1. The highest BCUT2D eigenvalue weighted by molar-refractivity contribution is 5.37. The van der Waals surface area contributed by atoms with Crippen LogP contribution in [0.1, 0.15) is 50.7 Å².